The third-order valence-electron chi connectivity index (χ3n) is 5.14. The molecule has 3 N–H and O–H groups in total. The van der Waals surface area contributed by atoms with Gasteiger partial charge < -0.3 is 11.1 Å². The average molecular weight is 284 g/mol. The van der Waals surface area contributed by atoms with Crippen molar-refractivity contribution in [2.75, 3.05) is 11.1 Å². The van der Waals surface area contributed by atoms with E-state index in [1.807, 2.05) is 0 Å². The van der Waals surface area contributed by atoms with Crippen molar-refractivity contribution in [1.29, 1.82) is 0 Å². The van der Waals surface area contributed by atoms with Crippen LogP contribution in [0.25, 0.3) is 0 Å². The lowest BCUT2D eigenvalue weighted by Gasteiger charge is -2.60. The summed E-state index contributed by atoms with van der Waals surface area (Å²) in [4.78, 5) is 12.1. The van der Waals surface area contributed by atoms with E-state index in [-0.39, 0.29) is 8.76 Å². The van der Waals surface area contributed by atoms with Crippen molar-refractivity contribution in [2.24, 2.45) is 23.2 Å². The maximum atomic E-state index is 12.1. The van der Waals surface area contributed by atoms with Crippen LogP contribution in [0.1, 0.15) is 42.4 Å². The summed E-state index contributed by atoms with van der Waals surface area (Å²) in [5.74, 6) is 2.14. The summed E-state index contributed by atoms with van der Waals surface area (Å²) in [5.41, 5.74) is 5.92. The Kier molecular flexibility index (Phi) is 3.00. The maximum Gasteiger partial charge on any atom is 0.226 e. The van der Waals surface area contributed by atoms with E-state index in [4.69, 9.17) is 5.73 Å². The molecule has 0 saturated heterocycles. The molecule has 2 unspecified atom stereocenters. The topological polar surface area (TPSA) is 80.9 Å². The zero-order valence-electron chi connectivity index (χ0n) is 11.3. The monoisotopic (exact) mass is 284 g/mol. The van der Waals surface area contributed by atoms with Gasteiger partial charge >= 0.3 is 0 Å². The number of nitrogens with two attached hydrogens (primary N) is 1. The first-order valence-corrected chi connectivity index (χ1v) is 7.67. The van der Waals surface area contributed by atoms with Gasteiger partial charge in [0.2, 0.25) is 16.2 Å². The fraction of sp³-hybridized carbons (Fsp3) is 0.769. The molecule has 108 valence electrons. The van der Waals surface area contributed by atoms with Crippen molar-refractivity contribution in [3.63, 3.8) is 0 Å². The number of hydrogen-bond acceptors (Lipinski definition) is 5. The Labute approximate surface area is 120 Å². The van der Waals surface area contributed by atoms with Crippen molar-refractivity contribution in [3.8, 4) is 0 Å². The van der Waals surface area contributed by atoms with Crippen LogP contribution >= 0.6 is 11.3 Å². The van der Waals surface area contributed by atoms with Gasteiger partial charge in [-0.2, -0.15) is 0 Å². The second-order valence-corrected chi connectivity index (χ2v) is 7.40. The normalized spacial score (nSPS) is 31.6. The van der Waals surface area contributed by atoms with E-state index in [2.05, 4.69) is 29.4 Å². The van der Waals surface area contributed by atoms with E-state index in [0.717, 1.165) is 5.92 Å². The second-order valence-electron chi connectivity index (χ2n) is 6.40. The summed E-state index contributed by atoms with van der Waals surface area (Å²) in [6, 6.07) is 0. The lowest BCUT2D eigenvalue weighted by atomic mass is 9.45. The van der Waals surface area contributed by atoms with Crippen LogP contribution in [-0.2, 0) is 4.79 Å². The van der Waals surface area contributed by atoms with Crippen molar-refractivity contribution >= 4 is 27.5 Å². The van der Waals surface area contributed by atoms with Crippen LogP contribution in [0.4, 0.5) is 10.3 Å². The fourth-order valence-electron chi connectivity index (χ4n) is 3.90. The molecule has 3 aliphatic carbocycles. The minimum absolute atomic E-state index is 0. The van der Waals surface area contributed by atoms with Gasteiger partial charge in [0.25, 0.3) is 0 Å². The average Bonchev–Trinajstić information content (AvgIpc) is 2.74. The first-order valence-electron chi connectivity index (χ1n) is 6.85. The molecule has 0 spiro atoms. The summed E-state index contributed by atoms with van der Waals surface area (Å²) in [6.45, 7) is 4.70. The highest BCUT2D eigenvalue weighted by Gasteiger charge is 2.54. The third-order valence-corrected chi connectivity index (χ3v) is 5.80. The Morgan fingerprint density at radius 2 is 2.32 bits per heavy atom. The van der Waals surface area contributed by atoms with Crippen LogP contribution in [0.5, 0.6) is 0 Å². The van der Waals surface area contributed by atoms with Crippen molar-refractivity contribution < 1.29 is 7.65 Å². The van der Waals surface area contributed by atoms with Crippen LogP contribution < -0.4 is 11.1 Å². The van der Waals surface area contributed by atoms with Crippen molar-refractivity contribution in [1.82, 2.24) is 10.2 Å². The standard InChI is InChI=1S/C13H20N4OS.2H2/c1-13(2)8-4-3-7(9(13)6-8)5-10(18)15-12-17-16-11(14)19-12;;/h7-9H,3-6H2,1-2H3,(H2,14,16)(H,15,17,18);2*1H/t7-,8?,9?;;/m0../s1. The van der Waals surface area contributed by atoms with Gasteiger partial charge in [-0.3, -0.25) is 4.79 Å². The Bertz CT molecular complexity index is 506. The van der Waals surface area contributed by atoms with Crippen LogP contribution in [0.15, 0.2) is 0 Å². The molecule has 1 aromatic rings. The molecule has 1 heterocycles. The summed E-state index contributed by atoms with van der Waals surface area (Å²) >= 11 is 1.21. The van der Waals surface area contributed by atoms with E-state index in [0.29, 0.717) is 33.9 Å². The Morgan fingerprint density at radius 1 is 1.53 bits per heavy atom. The van der Waals surface area contributed by atoms with Crippen LogP contribution in [-0.4, -0.2) is 16.1 Å². The van der Waals surface area contributed by atoms with Gasteiger partial charge in [-0.1, -0.05) is 25.2 Å². The van der Waals surface area contributed by atoms with Gasteiger partial charge in [-0.25, -0.2) is 0 Å². The molecule has 4 rings (SSSR count). The SMILES string of the molecule is CC1(C)C2CC[C@@H](CC(=O)Nc3nnc(N)s3)C1C2.[HH].[HH]. The number of rotatable bonds is 3. The number of aromatic nitrogens is 2. The van der Waals surface area contributed by atoms with Crippen LogP contribution in [0.2, 0.25) is 0 Å². The first kappa shape index (κ1) is 12.8. The molecule has 0 radical (unpaired) electrons. The molecule has 3 fully saturated rings. The lowest BCUT2D eigenvalue weighted by molar-refractivity contribution is -0.128. The Morgan fingerprint density at radius 3 is 2.89 bits per heavy atom. The summed E-state index contributed by atoms with van der Waals surface area (Å²) in [5, 5.41) is 11.2. The zero-order chi connectivity index (χ0) is 13.6. The smallest absolute Gasteiger partial charge is 0.226 e. The molecule has 0 aromatic carbocycles. The van der Waals surface area contributed by atoms with E-state index < -0.39 is 0 Å². The van der Waals surface area contributed by atoms with Gasteiger partial charge in [0.05, 0.1) is 0 Å². The molecule has 6 heteroatoms. The highest BCUT2D eigenvalue weighted by atomic mass is 32.1. The number of hydrogen-bond donors (Lipinski definition) is 2. The molecule has 3 atom stereocenters. The molecule has 1 amide bonds. The van der Waals surface area contributed by atoms with E-state index in [1.165, 1.54) is 30.6 Å². The fourth-order valence-corrected chi connectivity index (χ4v) is 4.43. The highest BCUT2D eigenvalue weighted by molar-refractivity contribution is 7.18. The van der Waals surface area contributed by atoms with E-state index >= 15 is 0 Å². The van der Waals surface area contributed by atoms with Gasteiger partial charge in [-0.05, 0) is 42.4 Å². The number of carbonyl (C=O) groups excluding carboxylic acids is 1. The number of nitrogen functional groups attached to an aromatic ring is 1. The van der Waals surface area contributed by atoms with E-state index in [9.17, 15) is 4.79 Å². The first-order chi connectivity index (χ1) is 8.96. The number of fused-ring (bicyclic) bond motifs is 2. The van der Waals surface area contributed by atoms with Gasteiger partial charge in [0.1, 0.15) is 0 Å². The highest BCUT2D eigenvalue weighted by Crippen LogP contribution is 2.61. The second kappa shape index (κ2) is 4.44. The van der Waals surface area contributed by atoms with Crippen LogP contribution in [0, 0.1) is 23.2 Å². The molecular formula is C13H24N4OS. The van der Waals surface area contributed by atoms with Crippen molar-refractivity contribution in [2.45, 2.75) is 39.5 Å². The molecule has 1 aromatic heterocycles. The predicted molar refractivity (Wildman–Crippen MR) is 79.9 cm³/mol. The molecule has 3 aliphatic rings. The van der Waals surface area contributed by atoms with Gasteiger partial charge in [-0.15, -0.1) is 10.2 Å². The maximum absolute atomic E-state index is 12.1. The number of nitrogens with one attached hydrogen (secondary N) is 1. The summed E-state index contributed by atoms with van der Waals surface area (Å²) < 4.78 is 0. The minimum atomic E-state index is 0. The third kappa shape index (κ3) is 2.22. The molecule has 0 aliphatic heterocycles. The molecule has 2 bridgehead atoms. The summed E-state index contributed by atoms with van der Waals surface area (Å²) in [7, 11) is 0. The zero-order valence-corrected chi connectivity index (χ0v) is 12.2. The quantitative estimate of drug-likeness (QED) is 0.894. The molecule has 5 nitrogen and oxygen atoms in total. The van der Waals surface area contributed by atoms with Crippen molar-refractivity contribution in [3.05, 3.63) is 0 Å². The van der Waals surface area contributed by atoms with E-state index in [1.54, 1.807) is 0 Å². The Balaban J connectivity index is 0.00000110. The molecule has 3 saturated carbocycles. The number of nitrogens with zero attached hydrogens (tertiary/aromatic N) is 2. The molecular weight excluding hydrogens is 260 g/mol. The van der Waals surface area contributed by atoms with Crippen LogP contribution in [0.3, 0.4) is 0 Å². The Hall–Kier alpha value is -1.17. The minimum Gasteiger partial charge on any atom is -0.374 e. The predicted octanol–water partition coefficient (Wildman–Crippen LogP) is 3.01. The number of anilines is 2. The van der Waals surface area contributed by atoms with Gasteiger partial charge in [0.15, 0.2) is 0 Å². The number of amides is 1. The summed E-state index contributed by atoms with van der Waals surface area (Å²) in [6.07, 6.45) is 4.36. The number of carbonyl (C=O) groups is 1. The molecule has 19 heavy (non-hydrogen) atoms. The largest absolute Gasteiger partial charge is 0.374 e. The lowest BCUT2D eigenvalue weighted by Crippen LogP contribution is -2.52. The van der Waals surface area contributed by atoms with Gasteiger partial charge in [0, 0.05) is 9.27 Å².